The van der Waals surface area contributed by atoms with E-state index in [4.69, 9.17) is 9.26 Å². The molecule has 0 atom stereocenters. The van der Waals surface area contributed by atoms with E-state index in [1.807, 2.05) is 13.0 Å². The van der Waals surface area contributed by atoms with Gasteiger partial charge in [0.2, 0.25) is 0 Å². The minimum absolute atomic E-state index is 0.0985. The molecule has 1 fully saturated rings. The molecule has 1 saturated heterocycles. The zero-order valence-corrected chi connectivity index (χ0v) is 18.3. The molecule has 164 valence electrons. The number of ether oxygens (including phenoxy) is 1. The molecule has 1 aromatic heterocycles. The van der Waals surface area contributed by atoms with Crippen LogP contribution >= 0.6 is 0 Å². The monoisotopic (exact) mass is 436 g/mol. The van der Waals surface area contributed by atoms with Gasteiger partial charge >= 0.3 is 0 Å². The Balaban J connectivity index is 1.53. The molecular formula is C20H28N4O5S. The zero-order chi connectivity index (χ0) is 21.7. The molecule has 0 aliphatic carbocycles. The first kappa shape index (κ1) is 22.3. The molecule has 1 aliphatic heterocycles. The lowest BCUT2D eigenvalue weighted by atomic mass is 10.1. The summed E-state index contributed by atoms with van der Waals surface area (Å²) in [7, 11) is -0.343. The van der Waals surface area contributed by atoms with Crippen LogP contribution in [0.1, 0.15) is 41.6 Å². The molecule has 2 aromatic rings. The Hall–Kier alpha value is -2.43. The average Bonchev–Trinajstić information content (AvgIpc) is 3.20. The predicted octanol–water partition coefficient (Wildman–Crippen LogP) is 1.82. The summed E-state index contributed by atoms with van der Waals surface area (Å²) in [4.78, 5) is 12.4. The van der Waals surface area contributed by atoms with Crippen molar-refractivity contribution in [3.8, 4) is 5.75 Å². The summed E-state index contributed by atoms with van der Waals surface area (Å²) < 4.78 is 38.3. The molecule has 1 aliphatic rings. The number of aromatic nitrogens is 1. The van der Waals surface area contributed by atoms with Gasteiger partial charge in [0.25, 0.3) is 16.1 Å². The maximum absolute atomic E-state index is 12.4. The van der Waals surface area contributed by atoms with Gasteiger partial charge in [-0.05, 0) is 37.5 Å². The van der Waals surface area contributed by atoms with Crippen molar-refractivity contribution < 1.29 is 22.5 Å². The molecular weight excluding hydrogens is 408 g/mol. The number of aryl methyl sites for hydroxylation is 1. The second kappa shape index (κ2) is 9.59. The first-order valence-electron chi connectivity index (χ1n) is 9.96. The summed E-state index contributed by atoms with van der Waals surface area (Å²) in [6.45, 7) is 3.05. The number of carbonyl (C=O) groups excluding carboxylic acids is 1. The van der Waals surface area contributed by atoms with Crippen molar-refractivity contribution in [1.82, 2.24) is 19.1 Å². The number of hydrogen-bond donors (Lipinski definition) is 1. The van der Waals surface area contributed by atoms with E-state index in [1.54, 1.807) is 24.3 Å². The Morgan fingerprint density at radius 1 is 1.30 bits per heavy atom. The Labute approximate surface area is 177 Å². The molecule has 10 heteroatoms. The Morgan fingerprint density at radius 2 is 2.03 bits per heavy atom. The summed E-state index contributed by atoms with van der Waals surface area (Å²) >= 11 is 0. The molecule has 0 bridgehead atoms. The second-order valence-electron chi connectivity index (χ2n) is 7.36. The quantitative estimate of drug-likeness (QED) is 0.677. The van der Waals surface area contributed by atoms with Gasteiger partial charge in [0.1, 0.15) is 11.9 Å². The Bertz CT molecular complexity index is 965. The van der Waals surface area contributed by atoms with Crippen LogP contribution in [0, 0.1) is 0 Å². The first-order valence-corrected chi connectivity index (χ1v) is 11.4. The van der Waals surface area contributed by atoms with Crippen LogP contribution < -0.4 is 10.1 Å². The van der Waals surface area contributed by atoms with Crippen LogP contribution in [0.25, 0.3) is 0 Å². The van der Waals surface area contributed by atoms with E-state index in [-0.39, 0.29) is 18.6 Å². The third kappa shape index (κ3) is 5.38. The Morgan fingerprint density at radius 3 is 2.67 bits per heavy atom. The van der Waals surface area contributed by atoms with Gasteiger partial charge in [0.15, 0.2) is 5.76 Å². The van der Waals surface area contributed by atoms with Crippen LogP contribution in [0.2, 0.25) is 0 Å². The van der Waals surface area contributed by atoms with Gasteiger partial charge in [-0.2, -0.15) is 17.0 Å². The highest BCUT2D eigenvalue weighted by atomic mass is 32.2. The van der Waals surface area contributed by atoms with Crippen molar-refractivity contribution in [3.05, 3.63) is 47.3 Å². The van der Waals surface area contributed by atoms with E-state index < -0.39 is 10.2 Å². The van der Waals surface area contributed by atoms with Gasteiger partial charge in [0.05, 0.1) is 12.2 Å². The number of hydrogen-bond acceptors (Lipinski definition) is 6. The van der Waals surface area contributed by atoms with Crippen molar-refractivity contribution in [2.75, 3.05) is 27.2 Å². The molecule has 9 nitrogen and oxygen atoms in total. The fourth-order valence-electron chi connectivity index (χ4n) is 3.19. The van der Waals surface area contributed by atoms with Crippen LogP contribution in [0.4, 0.5) is 0 Å². The van der Waals surface area contributed by atoms with Gasteiger partial charge in [-0.3, -0.25) is 4.79 Å². The molecule has 0 radical (unpaired) electrons. The van der Waals surface area contributed by atoms with Gasteiger partial charge in [-0.15, -0.1) is 0 Å². The number of piperidine rings is 1. The molecule has 1 N–H and O–H groups in total. The fourth-order valence-corrected chi connectivity index (χ4v) is 4.32. The van der Waals surface area contributed by atoms with Gasteiger partial charge in [-0.25, -0.2) is 0 Å². The molecule has 30 heavy (non-hydrogen) atoms. The first-order chi connectivity index (χ1) is 14.3. The van der Waals surface area contributed by atoms with Crippen molar-refractivity contribution in [3.63, 3.8) is 0 Å². The molecule has 0 spiro atoms. The lowest BCUT2D eigenvalue weighted by molar-refractivity contribution is 0.0945. The highest BCUT2D eigenvalue weighted by Gasteiger charge is 2.30. The highest BCUT2D eigenvalue weighted by Crippen LogP contribution is 2.22. The number of rotatable bonds is 8. The SMILES string of the molecule is CCc1cc(CNC(=O)c2cccc(OC3CCN(S(=O)(=O)N(C)C)CC3)c2)on1. The van der Waals surface area contributed by atoms with Crippen LogP contribution in [0.3, 0.4) is 0 Å². The van der Waals surface area contributed by atoms with Crippen molar-refractivity contribution in [1.29, 1.82) is 0 Å². The molecule has 3 rings (SSSR count). The van der Waals surface area contributed by atoms with Crippen LogP contribution in [-0.2, 0) is 23.2 Å². The maximum atomic E-state index is 12.4. The zero-order valence-electron chi connectivity index (χ0n) is 17.5. The summed E-state index contributed by atoms with van der Waals surface area (Å²) in [6.07, 6.45) is 1.86. The van der Waals surface area contributed by atoms with Crippen LogP contribution in [-0.4, -0.2) is 61.4 Å². The third-order valence-corrected chi connectivity index (χ3v) is 6.92. The number of carbonyl (C=O) groups is 1. The van der Waals surface area contributed by atoms with E-state index in [1.165, 1.54) is 22.7 Å². The third-order valence-electron chi connectivity index (χ3n) is 4.98. The smallest absolute Gasteiger partial charge is 0.281 e. The number of nitrogens with one attached hydrogen (secondary N) is 1. The second-order valence-corrected chi connectivity index (χ2v) is 9.50. The summed E-state index contributed by atoms with van der Waals surface area (Å²) in [5, 5.41) is 6.71. The molecule has 0 unspecified atom stereocenters. The lowest BCUT2D eigenvalue weighted by Gasteiger charge is -2.32. The molecule has 1 aromatic carbocycles. The van der Waals surface area contributed by atoms with Crippen molar-refractivity contribution in [2.45, 2.75) is 38.8 Å². The van der Waals surface area contributed by atoms with E-state index >= 15 is 0 Å². The fraction of sp³-hybridized carbons (Fsp3) is 0.500. The number of nitrogens with zero attached hydrogens (tertiary/aromatic N) is 3. The number of amides is 1. The summed E-state index contributed by atoms with van der Waals surface area (Å²) in [6, 6.07) is 8.79. The normalized spacial score (nSPS) is 16.0. The molecule has 0 saturated carbocycles. The number of benzene rings is 1. The van der Waals surface area contributed by atoms with Crippen LogP contribution in [0.5, 0.6) is 5.75 Å². The average molecular weight is 437 g/mol. The van der Waals surface area contributed by atoms with Crippen molar-refractivity contribution >= 4 is 16.1 Å². The minimum Gasteiger partial charge on any atom is -0.490 e. The van der Waals surface area contributed by atoms with Crippen molar-refractivity contribution in [2.24, 2.45) is 0 Å². The lowest BCUT2D eigenvalue weighted by Crippen LogP contribution is -2.46. The van der Waals surface area contributed by atoms with Gasteiger partial charge in [-0.1, -0.05) is 18.1 Å². The van der Waals surface area contributed by atoms with E-state index in [0.29, 0.717) is 43.0 Å². The molecule has 2 heterocycles. The molecule has 1 amide bonds. The summed E-state index contributed by atoms with van der Waals surface area (Å²) in [5.74, 6) is 0.957. The Kier molecular flexibility index (Phi) is 7.11. The largest absolute Gasteiger partial charge is 0.490 e. The predicted molar refractivity (Wildman–Crippen MR) is 111 cm³/mol. The highest BCUT2D eigenvalue weighted by molar-refractivity contribution is 7.86. The van der Waals surface area contributed by atoms with E-state index in [0.717, 1.165) is 12.1 Å². The minimum atomic E-state index is -3.40. The standard InChI is InChI=1S/C20H28N4O5S/c1-4-16-13-19(29-22-16)14-21-20(25)15-6-5-7-18(12-15)28-17-8-10-24(11-9-17)30(26,27)23(2)3/h5-7,12-13,17H,4,8-11,14H2,1-3H3,(H,21,25). The van der Waals surface area contributed by atoms with Gasteiger partial charge < -0.3 is 14.6 Å². The van der Waals surface area contributed by atoms with Crippen LogP contribution in [0.15, 0.2) is 34.9 Å². The van der Waals surface area contributed by atoms with Gasteiger partial charge in [0, 0.05) is 38.8 Å². The van der Waals surface area contributed by atoms with E-state index in [9.17, 15) is 13.2 Å². The topological polar surface area (TPSA) is 105 Å². The maximum Gasteiger partial charge on any atom is 0.281 e. The summed E-state index contributed by atoms with van der Waals surface area (Å²) in [5.41, 5.74) is 1.33. The van der Waals surface area contributed by atoms with E-state index in [2.05, 4.69) is 10.5 Å².